The number of hydrogen-bond acceptors (Lipinski definition) is 6. The Morgan fingerprint density at radius 2 is 1.90 bits per heavy atom. The Balaban J connectivity index is 1.28. The second kappa shape index (κ2) is 8.14. The minimum Gasteiger partial charge on any atom is -0.435 e. The third kappa shape index (κ3) is 3.71. The molecule has 5 fully saturated rings. The minimum absolute atomic E-state index is 0.0129. The molecular weight excluding hydrogens is 396 g/mol. The largest absolute Gasteiger partial charge is 0.435 e. The first-order valence-corrected chi connectivity index (χ1v) is 11.8. The van der Waals surface area contributed by atoms with Gasteiger partial charge in [0, 0.05) is 24.7 Å². The maximum absolute atomic E-state index is 12.6. The zero-order chi connectivity index (χ0) is 21.6. The fourth-order valence-corrected chi connectivity index (χ4v) is 6.28. The van der Waals surface area contributed by atoms with Gasteiger partial charge in [-0.05, 0) is 56.4 Å². The van der Waals surface area contributed by atoms with Crippen molar-refractivity contribution in [2.24, 2.45) is 23.7 Å². The smallest absolute Gasteiger partial charge is 0.308 e. The molecule has 1 aromatic rings. The van der Waals surface area contributed by atoms with E-state index in [0.717, 1.165) is 38.5 Å². The molecule has 1 aromatic carbocycles. The number of fused-ring (bicyclic) bond motifs is 2. The van der Waals surface area contributed by atoms with Crippen LogP contribution in [0.4, 0.5) is 0 Å². The van der Waals surface area contributed by atoms with E-state index >= 15 is 0 Å². The fourth-order valence-electron chi connectivity index (χ4n) is 6.28. The molecule has 6 nitrogen and oxygen atoms in total. The predicted octanol–water partition coefficient (Wildman–Crippen LogP) is 4.76. The van der Waals surface area contributed by atoms with Crippen molar-refractivity contribution in [1.82, 2.24) is 0 Å². The van der Waals surface area contributed by atoms with Crippen molar-refractivity contribution in [2.45, 2.75) is 89.7 Å². The van der Waals surface area contributed by atoms with Crippen LogP contribution >= 0.6 is 0 Å². The molecule has 5 aliphatic rings. The summed E-state index contributed by atoms with van der Waals surface area (Å²) in [6.45, 7) is 6.30. The monoisotopic (exact) mass is 430 g/mol. The van der Waals surface area contributed by atoms with Gasteiger partial charge in [0.25, 0.3) is 0 Å². The first kappa shape index (κ1) is 21.4. The number of esters is 1. The Morgan fingerprint density at radius 1 is 1.10 bits per heavy atom. The number of benzene rings is 1. The molecule has 4 saturated heterocycles. The lowest BCUT2D eigenvalue weighted by atomic mass is 9.58. The van der Waals surface area contributed by atoms with Gasteiger partial charge in [-0.2, -0.15) is 0 Å². The Morgan fingerprint density at radius 3 is 2.71 bits per heavy atom. The summed E-state index contributed by atoms with van der Waals surface area (Å²) in [6, 6.07) is 10.2. The molecule has 2 bridgehead atoms. The van der Waals surface area contributed by atoms with Gasteiger partial charge in [-0.15, -0.1) is 0 Å². The summed E-state index contributed by atoms with van der Waals surface area (Å²) < 4.78 is 18.5. The van der Waals surface area contributed by atoms with Crippen LogP contribution < -0.4 is 0 Å². The number of ether oxygens (including phenoxy) is 3. The molecule has 8 atom stereocenters. The summed E-state index contributed by atoms with van der Waals surface area (Å²) in [6.07, 6.45) is 4.67. The third-order valence-corrected chi connectivity index (χ3v) is 8.03. The molecule has 31 heavy (non-hydrogen) atoms. The quantitative estimate of drug-likeness (QED) is 0.496. The van der Waals surface area contributed by atoms with Gasteiger partial charge < -0.3 is 14.2 Å². The lowest BCUT2D eigenvalue weighted by Gasteiger charge is -2.59. The number of carbonyl (C=O) groups excluding carboxylic acids is 1. The zero-order valence-electron chi connectivity index (χ0n) is 18.8. The summed E-state index contributed by atoms with van der Waals surface area (Å²) in [7, 11) is 0. The van der Waals surface area contributed by atoms with Crippen molar-refractivity contribution >= 4 is 5.97 Å². The van der Waals surface area contributed by atoms with Crippen LogP contribution in [0.15, 0.2) is 30.3 Å². The van der Waals surface area contributed by atoms with E-state index in [1.54, 1.807) is 0 Å². The summed E-state index contributed by atoms with van der Waals surface area (Å²) in [5, 5.41) is 0. The molecule has 6 rings (SSSR count). The molecule has 4 heterocycles. The zero-order valence-corrected chi connectivity index (χ0v) is 18.8. The molecule has 6 heteroatoms. The molecule has 0 unspecified atom stereocenters. The number of carbonyl (C=O) groups is 1. The highest BCUT2D eigenvalue weighted by molar-refractivity contribution is 5.69. The highest BCUT2D eigenvalue weighted by Gasteiger charge is 2.69. The second-order valence-electron chi connectivity index (χ2n) is 10.1. The van der Waals surface area contributed by atoms with Crippen LogP contribution in [0.5, 0.6) is 0 Å². The van der Waals surface area contributed by atoms with E-state index in [1.165, 1.54) is 5.56 Å². The van der Waals surface area contributed by atoms with Crippen molar-refractivity contribution < 1.29 is 28.8 Å². The van der Waals surface area contributed by atoms with Gasteiger partial charge in [-0.1, -0.05) is 44.2 Å². The molecule has 0 aromatic heterocycles. The maximum atomic E-state index is 12.6. The van der Waals surface area contributed by atoms with Crippen molar-refractivity contribution in [3.8, 4) is 0 Å². The van der Waals surface area contributed by atoms with Crippen LogP contribution in [-0.4, -0.2) is 29.9 Å². The van der Waals surface area contributed by atoms with Gasteiger partial charge in [0.2, 0.25) is 12.1 Å². The summed E-state index contributed by atoms with van der Waals surface area (Å²) in [5.74, 6) is -0.0323. The first-order valence-electron chi connectivity index (χ1n) is 11.8. The van der Waals surface area contributed by atoms with E-state index in [1.807, 2.05) is 25.1 Å². The van der Waals surface area contributed by atoms with Crippen LogP contribution in [0.1, 0.15) is 64.9 Å². The van der Waals surface area contributed by atoms with E-state index < -0.39 is 24.0 Å². The van der Waals surface area contributed by atoms with Gasteiger partial charge in [-0.25, -0.2) is 9.78 Å². The Bertz CT molecular complexity index is 798. The Hall–Kier alpha value is -1.47. The molecule has 170 valence electrons. The van der Waals surface area contributed by atoms with E-state index in [-0.39, 0.29) is 17.8 Å². The summed E-state index contributed by atoms with van der Waals surface area (Å²) >= 11 is 0. The first-order chi connectivity index (χ1) is 14.9. The molecule has 0 N–H and O–H groups in total. The number of hydrogen-bond donors (Lipinski definition) is 0. The van der Waals surface area contributed by atoms with E-state index in [9.17, 15) is 4.79 Å². The molecule has 0 amide bonds. The van der Waals surface area contributed by atoms with Crippen molar-refractivity contribution in [2.75, 3.05) is 0 Å². The summed E-state index contributed by atoms with van der Waals surface area (Å²) in [4.78, 5) is 24.6. The van der Waals surface area contributed by atoms with Crippen molar-refractivity contribution in [1.29, 1.82) is 0 Å². The molecule has 1 aliphatic carbocycles. The van der Waals surface area contributed by atoms with Gasteiger partial charge in [0.1, 0.15) is 0 Å². The van der Waals surface area contributed by atoms with Gasteiger partial charge in [0.05, 0.1) is 0 Å². The highest BCUT2D eigenvalue weighted by atomic mass is 17.3. The van der Waals surface area contributed by atoms with Crippen LogP contribution in [0.2, 0.25) is 0 Å². The Kier molecular flexibility index (Phi) is 5.62. The summed E-state index contributed by atoms with van der Waals surface area (Å²) in [5.41, 5.74) is 0.610. The Labute approximate surface area is 184 Å². The number of rotatable bonds is 5. The van der Waals surface area contributed by atoms with Gasteiger partial charge in [-0.3, -0.25) is 4.79 Å². The average Bonchev–Trinajstić information content (AvgIpc) is 2.98. The van der Waals surface area contributed by atoms with Crippen molar-refractivity contribution in [3.63, 3.8) is 0 Å². The standard InChI is InChI=1S/C25H34O6/c1-16-12-13-20-17(2)22(27-21(26)11-7-10-18-8-5-4-6-9-18)28-23-25(20)19(16)14-15-24(3,29-23)30-31-25/h4-6,8-9,16-17,19-20,22-23H,7,10-15H2,1-3H3/t16-,17-,19+,20+,22-,23-,24+,25-/m1/s1. The molecule has 1 spiro atoms. The predicted molar refractivity (Wildman–Crippen MR) is 112 cm³/mol. The molecule has 1 saturated carbocycles. The SMILES string of the molecule is C[C@H]1[C@H](OC(=O)CCCc2ccccc2)O[C@@H]2O[C@]3(C)CC[C@H]4[C@H](C)CC[C@@H]1[C@@]24OO3. The average molecular weight is 431 g/mol. The van der Waals surface area contributed by atoms with Crippen LogP contribution in [0.3, 0.4) is 0 Å². The highest BCUT2D eigenvalue weighted by Crippen LogP contribution is 2.60. The minimum atomic E-state index is -0.817. The molecule has 4 aliphatic heterocycles. The van der Waals surface area contributed by atoms with E-state index in [2.05, 4.69) is 26.0 Å². The van der Waals surface area contributed by atoms with Gasteiger partial charge >= 0.3 is 5.97 Å². The lowest BCUT2D eigenvalue weighted by molar-refractivity contribution is -0.576. The maximum Gasteiger partial charge on any atom is 0.308 e. The van der Waals surface area contributed by atoms with Gasteiger partial charge in [0.15, 0.2) is 11.9 Å². The molecular formula is C25H34O6. The van der Waals surface area contributed by atoms with Crippen molar-refractivity contribution in [3.05, 3.63) is 35.9 Å². The second-order valence-corrected chi connectivity index (χ2v) is 10.1. The topological polar surface area (TPSA) is 63.2 Å². The lowest BCUT2D eigenvalue weighted by Crippen LogP contribution is -2.70. The fraction of sp³-hybridized carbons (Fsp3) is 0.720. The van der Waals surface area contributed by atoms with Crippen LogP contribution in [-0.2, 0) is 35.2 Å². The molecule has 0 radical (unpaired) electrons. The van der Waals surface area contributed by atoms with E-state index in [0.29, 0.717) is 18.3 Å². The van der Waals surface area contributed by atoms with Crippen LogP contribution in [0, 0.1) is 23.7 Å². The van der Waals surface area contributed by atoms with E-state index in [4.69, 9.17) is 24.0 Å². The van der Waals surface area contributed by atoms with Crippen LogP contribution in [0.25, 0.3) is 0 Å². The number of aryl methyl sites for hydroxylation is 1. The third-order valence-electron chi connectivity index (χ3n) is 8.03. The normalized spacial score (nSPS) is 43.7.